The highest BCUT2D eigenvalue weighted by atomic mass is 79.9. The molecule has 0 N–H and O–H groups in total. The molecule has 0 amide bonds. The number of benzene rings is 2. The van der Waals surface area contributed by atoms with Crippen LogP contribution in [0.3, 0.4) is 0 Å². The van der Waals surface area contributed by atoms with Crippen molar-refractivity contribution in [1.29, 1.82) is 0 Å². The monoisotopic (exact) mass is 318 g/mol. The number of quaternary nitrogens is 1. The Hall–Kier alpha value is -1.12. The highest BCUT2D eigenvalue weighted by molar-refractivity contribution is 9.10. The van der Waals surface area contributed by atoms with Crippen LogP contribution in [0.4, 0.5) is 0 Å². The van der Waals surface area contributed by atoms with Crippen LogP contribution in [0, 0.1) is 6.92 Å². The first-order chi connectivity index (χ1) is 8.98. The molecular weight excluding hydrogens is 298 g/mol. The molecule has 0 heterocycles. The first-order valence-electron chi connectivity index (χ1n) is 6.58. The van der Waals surface area contributed by atoms with E-state index in [-0.39, 0.29) is 0 Å². The van der Waals surface area contributed by atoms with Crippen LogP contribution < -0.4 is 0 Å². The summed E-state index contributed by atoms with van der Waals surface area (Å²) in [5.41, 5.74) is 4.17. The fraction of sp³-hybridized carbons (Fsp3) is 0.294. The van der Waals surface area contributed by atoms with Gasteiger partial charge in [-0.3, -0.25) is 0 Å². The second kappa shape index (κ2) is 5.89. The van der Waals surface area contributed by atoms with E-state index >= 15 is 0 Å². The predicted octanol–water partition coefficient (Wildman–Crippen LogP) is 4.53. The Morgan fingerprint density at radius 2 is 1.37 bits per heavy atom. The maximum atomic E-state index is 3.64. The van der Waals surface area contributed by atoms with E-state index in [1.807, 2.05) is 0 Å². The van der Waals surface area contributed by atoms with Gasteiger partial charge in [0.2, 0.25) is 0 Å². The summed E-state index contributed by atoms with van der Waals surface area (Å²) in [6.45, 7) is 4.26. The molecule has 0 saturated carbocycles. The minimum Gasteiger partial charge on any atom is -0.321 e. The predicted molar refractivity (Wildman–Crippen MR) is 84.8 cm³/mol. The van der Waals surface area contributed by atoms with E-state index < -0.39 is 0 Å². The summed E-state index contributed by atoms with van der Waals surface area (Å²) in [7, 11) is 4.57. The SMILES string of the molecule is Cc1ccccc1C[N+](C)(C)Cc1ccccc1Br. The Morgan fingerprint density at radius 1 is 0.842 bits per heavy atom. The molecule has 0 bridgehead atoms. The third-order valence-electron chi connectivity index (χ3n) is 3.42. The Bertz CT molecular complexity index is 511. The summed E-state index contributed by atoms with van der Waals surface area (Å²) in [6, 6.07) is 17.1. The van der Waals surface area contributed by atoms with Crippen molar-refractivity contribution in [2.24, 2.45) is 0 Å². The Morgan fingerprint density at radius 3 is 2.00 bits per heavy atom. The van der Waals surface area contributed by atoms with Crippen molar-refractivity contribution >= 4 is 15.9 Å². The third-order valence-corrected chi connectivity index (χ3v) is 4.19. The van der Waals surface area contributed by atoms with Gasteiger partial charge in [-0.05, 0) is 18.6 Å². The maximum Gasteiger partial charge on any atom is 0.105 e. The number of aryl methyl sites for hydroxylation is 1. The van der Waals surface area contributed by atoms with E-state index in [9.17, 15) is 0 Å². The van der Waals surface area contributed by atoms with E-state index in [1.165, 1.54) is 21.2 Å². The van der Waals surface area contributed by atoms with Gasteiger partial charge >= 0.3 is 0 Å². The summed E-state index contributed by atoms with van der Waals surface area (Å²) in [6.07, 6.45) is 0. The Labute approximate surface area is 124 Å². The quantitative estimate of drug-likeness (QED) is 0.726. The third kappa shape index (κ3) is 3.92. The van der Waals surface area contributed by atoms with Crippen molar-refractivity contribution < 1.29 is 4.48 Å². The van der Waals surface area contributed by atoms with E-state index in [0.29, 0.717) is 0 Å². The second-order valence-corrected chi connectivity index (χ2v) is 6.62. The molecule has 0 unspecified atom stereocenters. The molecule has 0 aliphatic rings. The molecule has 0 radical (unpaired) electrons. The maximum absolute atomic E-state index is 3.64. The van der Waals surface area contributed by atoms with Gasteiger partial charge < -0.3 is 4.48 Å². The molecule has 2 aromatic carbocycles. The smallest absolute Gasteiger partial charge is 0.105 e. The standard InChI is InChI=1S/C17H21BrN/c1-14-8-4-5-9-15(14)12-19(2,3)13-16-10-6-7-11-17(16)18/h4-11H,12-13H2,1-3H3/q+1. The molecule has 2 rings (SSSR count). The van der Waals surface area contributed by atoms with Gasteiger partial charge in [0.15, 0.2) is 0 Å². The lowest BCUT2D eigenvalue weighted by molar-refractivity contribution is -0.916. The molecule has 0 fully saturated rings. The lowest BCUT2D eigenvalue weighted by Crippen LogP contribution is -2.38. The molecule has 0 spiro atoms. The van der Waals surface area contributed by atoms with E-state index in [1.54, 1.807) is 0 Å². The number of halogens is 1. The second-order valence-electron chi connectivity index (χ2n) is 5.77. The molecule has 2 heteroatoms. The normalized spacial score (nSPS) is 11.6. The summed E-state index contributed by atoms with van der Waals surface area (Å²) in [4.78, 5) is 0. The van der Waals surface area contributed by atoms with Gasteiger partial charge in [-0.25, -0.2) is 0 Å². The highest BCUT2D eigenvalue weighted by Crippen LogP contribution is 2.22. The van der Waals surface area contributed by atoms with Crippen LogP contribution >= 0.6 is 15.9 Å². The van der Waals surface area contributed by atoms with Crippen molar-refractivity contribution in [1.82, 2.24) is 0 Å². The summed E-state index contributed by atoms with van der Waals surface area (Å²) in [5.74, 6) is 0. The molecule has 0 aromatic heterocycles. The minimum absolute atomic E-state index is 0.952. The van der Waals surface area contributed by atoms with Gasteiger partial charge in [-0.1, -0.05) is 58.4 Å². The molecule has 100 valence electrons. The molecule has 0 aliphatic heterocycles. The molecule has 0 atom stereocenters. The van der Waals surface area contributed by atoms with E-state index in [4.69, 9.17) is 0 Å². The fourth-order valence-electron chi connectivity index (χ4n) is 2.39. The van der Waals surface area contributed by atoms with Crippen molar-refractivity contribution in [3.8, 4) is 0 Å². The number of hydrogen-bond acceptors (Lipinski definition) is 0. The fourth-order valence-corrected chi connectivity index (χ4v) is 2.80. The summed E-state index contributed by atoms with van der Waals surface area (Å²) < 4.78 is 2.15. The summed E-state index contributed by atoms with van der Waals surface area (Å²) in [5, 5.41) is 0. The van der Waals surface area contributed by atoms with Crippen molar-refractivity contribution in [2.75, 3.05) is 14.1 Å². The highest BCUT2D eigenvalue weighted by Gasteiger charge is 2.18. The van der Waals surface area contributed by atoms with Gasteiger partial charge in [0.1, 0.15) is 13.1 Å². The van der Waals surface area contributed by atoms with Crippen LogP contribution in [-0.4, -0.2) is 18.6 Å². The molecule has 1 nitrogen and oxygen atoms in total. The largest absolute Gasteiger partial charge is 0.321 e. The Kier molecular flexibility index (Phi) is 4.43. The van der Waals surface area contributed by atoms with Crippen molar-refractivity contribution in [2.45, 2.75) is 20.0 Å². The number of hydrogen-bond donors (Lipinski definition) is 0. The van der Waals surface area contributed by atoms with Gasteiger partial charge in [0.05, 0.1) is 14.1 Å². The first-order valence-corrected chi connectivity index (χ1v) is 7.37. The molecular formula is C17H21BrN+. The van der Waals surface area contributed by atoms with Crippen LogP contribution in [0.25, 0.3) is 0 Å². The summed E-state index contributed by atoms with van der Waals surface area (Å²) >= 11 is 3.64. The molecule has 2 aromatic rings. The van der Waals surface area contributed by atoms with Crippen LogP contribution in [0.5, 0.6) is 0 Å². The van der Waals surface area contributed by atoms with E-state index in [2.05, 4.69) is 85.5 Å². The zero-order valence-electron chi connectivity index (χ0n) is 11.9. The van der Waals surface area contributed by atoms with Gasteiger partial charge in [0, 0.05) is 15.6 Å². The Balaban J connectivity index is 2.15. The topological polar surface area (TPSA) is 0 Å². The lowest BCUT2D eigenvalue weighted by Gasteiger charge is -2.31. The van der Waals surface area contributed by atoms with E-state index in [0.717, 1.165) is 17.6 Å². The molecule has 0 saturated heterocycles. The van der Waals surface area contributed by atoms with Gasteiger partial charge in [-0.2, -0.15) is 0 Å². The van der Waals surface area contributed by atoms with Crippen LogP contribution in [0.15, 0.2) is 53.0 Å². The van der Waals surface area contributed by atoms with Gasteiger partial charge in [0.25, 0.3) is 0 Å². The van der Waals surface area contributed by atoms with Gasteiger partial charge in [-0.15, -0.1) is 0 Å². The first kappa shape index (κ1) is 14.3. The van der Waals surface area contributed by atoms with Crippen molar-refractivity contribution in [3.05, 3.63) is 69.7 Å². The van der Waals surface area contributed by atoms with Crippen LogP contribution in [-0.2, 0) is 13.1 Å². The zero-order chi connectivity index (χ0) is 13.9. The zero-order valence-corrected chi connectivity index (χ0v) is 13.4. The number of nitrogens with zero attached hydrogens (tertiary/aromatic N) is 1. The average molecular weight is 319 g/mol. The average Bonchev–Trinajstić information content (AvgIpc) is 2.35. The van der Waals surface area contributed by atoms with Crippen LogP contribution in [0.1, 0.15) is 16.7 Å². The molecule has 19 heavy (non-hydrogen) atoms. The molecule has 0 aliphatic carbocycles. The van der Waals surface area contributed by atoms with Crippen molar-refractivity contribution in [3.63, 3.8) is 0 Å². The number of rotatable bonds is 4. The minimum atomic E-state index is 0.952. The lowest BCUT2D eigenvalue weighted by atomic mass is 10.1. The van der Waals surface area contributed by atoms with Crippen LogP contribution in [0.2, 0.25) is 0 Å².